The molecule has 0 bridgehead atoms. The summed E-state index contributed by atoms with van der Waals surface area (Å²) in [5, 5.41) is 0. The van der Waals surface area contributed by atoms with Crippen LogP contribution in [0, 0.1) is 0 Å². The largest absolute Gasteiger partial charge is 0.457 e. The minimum absolute atomic E-state index is 0.270. The second-order valence-electron chi connectivity index (χ2n) is 9.16. The molecule has 162 valence electrons. The fraction of sp³-hybridized carbons (Fsp3) is 0.583. The molecule has 0 aliphatic carbocycles. The van der Waals surface area contributed by atoms with Crippen LogP contribution in [0.1, 0.15) is 73.3 Å². The van der Waals surface area contributed by atoms with Gasteiger partial charge >= 0.3 is 12.1 Å². The summed E-state index contributed by atoms with van der Waals surface area (Å²) in [4.78, 5) is 26.6. The number of nitrogens with zero attached hydrogens (tertiary/aromatic N) is 1. The number of hydrogen-bond donors (Lipinski definition) is 0. The first-order valence-electron chi connectivity index (χ1n) is 10.3. The number of esters is 1. The topological polar surface area (TPSA) is 55.8 Å². The normalized spacial score (nSPS) is 12.4. The van der Waals surface area contributed by atoms with Gasteiger partial charge in [0.15, 0.2) is 0 Å². The third-order valence-electron chi connectivity index (χ3n) is 4.00. The number of hydrogen-bond acceptors (Lipinski definition) is 4. The van der Waals surface area contributed by atoms with Crippen molar-refractivity contribution in [2.24, 2.45) is 0 Å². The first-order chi connectivity index (χ1) is 13.4. The molecule has 0 saturated heterocycles. The number of carbonyl (C=O) groups excluding carboxylic acids is 2. The summed E-state index contributed by atoms with van der Waals surface area (Å²) in [6.45, 7) is 14.1. The van der Waals surface area contributed by atoms with Crippen LogP contribution in [0.5, 0.6) is 0 Å². The molecule has 5 nitrogen and oxygen atoms in total. The van der Waals surface area contributed by atoms with E-state index >= 15 is 0 Å². The van der Waals surface area contributed by atoms with E-state index in [-0.39, 0.29) is 12.1 Å². The van der Waals surface area contributed by atoms with Gasteiger partial charge in [0.2, 0.25) is 0 Å². The Morgan fingerprint density at radius 1 is 0.931 bits per heavy atom. The SMILES string of the molecule is C/C=C(\CCCCN(Cc1ccccc1)C(=O)OC(C)(C)C)C(=O)OC(C)(C)C. The van der Waals surface area contributed by atoms with Crippen molar-refractivity contribution < 1.29 is 19.1 Å². The fourth-order valence-electron chi connectivity index (χ4n) is 2.69. The maximum Gasteiger partial charge on any atom is 0.410 e. The predicted octanol–water partition coefficient (Wildman–Crippen LogP) is 5.88. The number of allylic oxidation sites excluding steroid dienone is 1. The number of carbonyl (C=O) groups is 2. The van der Waals surface area contributed by atoms with Crippen LogP contribution in [0.15, 0.2) is 42.0 Å². The third kappa shape index (κ3) is 10.7. The zero-order chi connectivity index (χ0) is 22.1. The van der Waals surface area contributed by atoms with Gasteiger partial charge in [0.05, 0.1) is 0 Å². The summed E-state index contributed by atoms with van der Waals surface area (Å²) >= 11 is 0. The Kier molecular flexibility index (Phi) is 9.41. The minimum Gasteiger partial charge on any atom is -0.457 e. The van der Waals surface area contributed by atoms with Gasteiger partial charge in [0, 0.05) is 18.7 Å². The molecular weight excluding hydrogens is 366 g/mol. The van der Waals surface area contributed by atoms with Gasteiger partial charge in [-0.3, -0.25) is 0 Å². The third-order valence-corrected chi connectivity index (χ3v) is 4.00. The molecule has 0 heterocycles. The lowest BCUT2D eigenvalue weighted by Gasteiger charge is -2.27. The molecule has 0 aromatic heterocycles. The molecule has 1 aromatic carbocycles. The monoisotopic (exact) mass is 403 g/mol. The van der Waals surface area contributed by atoms with Crippen molar-refractivity contribution in [1.82, 2.24) is 4.90 Å². The van der Waals surface area contributed by atoms with Gasteiger partial charge < -0.3 is 14.4 Å². The fourth-order valence-corrected chi connectivity index (χ4v) is 2.69. The van der Waals surface area contributed by atoms with Crippen molar-refractivity contribution in [2.75, 3.05) is 6.54 Å². The van der Waals surface area contributed by atoms with Crippen LogP contribution in [-0.2, 0) is 20.8 Å². The first kappa shape index (κ1) is 24.7. The Labute approximate surface area is 176 Å². The van der Waals surface area contributed by atoms with E-state index < -0.39 is 11.2 Å². The molecule has 0 aliphatic heterocycles. The Bertz CT molecular complexity index is 681. The molecule has 0 radical (unpaired) electrons. The Balaban J connectivity index is 2.65. The van der Waals surface area contributed by atoms with Crippen molar-refractivity contribution in [3.63, 3.8) is 0 Å². The number of unbranched alkanes of at least 4 members (excludes halogenated alkanes) is 1. The Hall–Kier alpha value is -2.30. The van der Waals surface area contributed by atoms with Gasteiger partial charge in [0.1, 0.15) is 11.2 Å². The maximum atomic E-state index is 12.6. The van der Waals surface area contributed by atoms with E-state index in [1.165, 1.54) is 0 Å². The molecule has 1 aromatic rings. The minimum atomic E-state index is -0.541. The summed E-state index contributed by atoms with van der Waals surface area (Å²) in [5.41, 5.74) is 0.683. The quantitative estimate of drug-likeness (QED) is 0.309. The van der Waals surface area contributed by atoms with Crippen molar-refractivity contribution in [3.8, 4) is 0 Å². The van der Waals surface area contributed by atoms with E-state index in [0.29, 0.717) is 25.1 Å². The molecular formula is C24H37NO4. The van der Waals surface area contributed by atoms with E-state index in [4.69, 9.17) is 9.47 Å². The van der Waals surface area contributed by atoms with Crippen LogP contribution in [-0.4, -0.2) is 34.7 Å². The van der Waals surface area contributed by atoms with E-state index in [1.54, 1.807) is 4.90 Å². The number of benzene rings is 1. The van der Waals surface area contributed by atoms with E-state index in [1.807, 2.05) is 84.9 Å². The number of rotatable bonds is 8. The summed E-state index contributed by atoms with van der Waals surface area (Å²) < 4.78 is 11.0. The summed E-state index contributed by atoms with van der Waals surface area (Å²) in [7, 11) is 0. The molecule has 0 fully saturated rings. The standard InChI is InChI=1S/C24H37NO4/c1-8-20(21(26)28-23(2,3)4)16-12-13-17-25(22(27)29-24(5,6)7)18-19-14-10-9-11-15-19/h8-11,14-15H,12-13,16-18H2,1-7H3/b20-8+. The molecule has 0 unspecified atom stereocenters. The second-order valence-corrected chi connectivity index (χ2v) is 9.16. The highest BCUT2D eigenvalue weighted by molar-refractivity contribution is 5.88. The first-order valence-corrected chi connectivity index (χ1v) is 10.3. The van der Waals surface area contributed by atoms with Gasteiger partial charge in [0.25, 0.3) is 0 Å². The smallest absolute Gasteiger partial charge is 0.410 e. The number of amides is 1. The molecule has 0 N–H and O–H groups in total. The zero-order valence-electron chi connectivity index (χ0n) is 19.1. The highest BCUT2D eigenvalue weighted by atomic mass is 16.6. The lowest BCUT2D eigenvalue weighted by Crippen LogP contribution is -2.37. The van der Waals surface area contributed by atoms with Gasteiger partial charge in [-0.05, 0) is 73.3 Å². The van der Waals surface area contributed by atoms with Gasteiger partial charge in [-0.15, -0.1) is 0 Å². The summed E-state index contributed by atoms with van der Waals surface area (Å²) in [6.07, 6.45) is 3.67. The van der Waals surface area contributed by atoms with E-state index in [2.05, 4.69) is 0 Å². The highest BCUT2D eigenvalue weighted by Crippen LogP contribution is 2.17. The molecule has 0 atom stereocenters. The average molecular weight is 404 g/mol. The van der Waals surface area contributed by atoms with Crippen LogP contribution in [0.2, 0.25) is 0 Å². The van der Waals surface area contributed by atoms with Gasteiger partial charge in [-0.25, -0.2) is 9.59 Å². The van der Waals surface area contributed by atoms with Crippen LogP contribution in [0.25, 0.3) is 0 Å². The molecule has 0 spiro atoms. The lowest BCUT2D eigenvalue weighted by molar-refractivity contribution is -0.150. The molecule has 0 aliphatic rings. The zero-order valence-corrected chi connectivity index (χ0v) is 19.1. The molecule has 1 amide bonds. The second kappa shape index (κ2) is 11.0. The van der Waals surface area contributed by atoms with E-state index in [9.17, 15) is 9.59 Å². The summed E-state index contributed by atoms with van der Waals surface area (Å²) in [5.74, 6) is -0.270. The van der Waals surface area contributed by atoms with Crippen molar-refractivity contribution >= 4 is 12.1 Å². The van der Waals surface area contributed by atoms with Crippen LogP contribution < -0.4 is 0 Å². The van der Waals surface area contributed by atoms with Crippen molar-refractivity contribution in [2.45, 2.75) is 85.5 Å². The van der Waals surface area contributed by atoms with Gasteiger partial charge in [-0.1, -0.05) is 36.4 Å². The predicted molar refractivity (Wildman–Crippen MR) is 117 cm³/mol. The molecule has 5 heteroatoms. The summed E-state index contributed by atoms with van der Waals surface area (Å²) in [6, 6.07) is 9.87. The van der Waals surface area contributed by atoms with Crippen LogP contribution in [0.3, 0.4) is 0 Å². The maximum absolute atomic E-state index is 12.6. The van der Waals surface area contributed by atoms with E-state index in [0.717, 1.165) is 18.4 Å². The highest BCUT2D eigenvalue weighted by Gasteiger charge is 2.23. The molecule has 29 heavy (non-hydrogen) atoms. The average Bonchev–Trinajstić information content (AvgIpc) is 2.58. The Morgan fingerprint density at radius 3 is 2.03 bits per heavy atom. The Morgan fingerprint density at radius 2 is 1.52 bits per heavy atom. The van der Waals surface area contributed by atoms with Gasteiger partial charge in [-0.2, -0.15) is 0 Å². The number of ether oxygens (including phenoxy) is 2. The van der Waals surface area contributed by atoms with Crippen LogP contribution in [0.4, 0.5) is 4.79 Å². The lowest BCUT2D eigenvalue weighted by atomic mass is 10.1. The van der Waals surface area contributed by atoms with Crippen molar-refractivity contribution in [1.29, 1.82) is 0 Å². The van der Waals surface area contributed by atoms with Crippen molar-refractivity contribution in [3.05, 3.63) is 47.5 Å². The molecule has 0 saturated carbocycles. The van der Waals surface area contributed by atoms with Crippen LogP contribution >= 0.6 is 0 Å². The molecule has 1 rings (SSSR count).